The van der Waals surface area contributed by atoms with Gasteiger partial charge in [-0.15, -0.1) is 0 Å². The number of fused-ring (bicyclic) bond motifs is 2. The van der Waals surface area contributed by atoms with Crippen LogP contribution in [0.3, 0.4) is 0 Å². The van der Waals surface area contributed by atoms with Crippen molar-refractivity contribution in [3.8, 4) is 0 Å². The van der Waals surface area contributed by atoms with E-state index >= 15 is 0 Å². The van der Waals surface area contributed by atoms with Gasteiger partial charge in [0.2, 0.25) is 0 Å². The maximum absolute atomic E-state index is 12.2. The Morgan fingerprint density at radius 1 is 1.23 bits per heavy atom. The van der Waals surface area contributed by atoms with Crippen molar-refractivity contribution in [2.24, 2.45) is 12.5 Å². The molecule has 0 aliphatic carbocycles. The molecular formula is C21H24N4O. The van der Waals surface area contributed by atoms with Crippen molar-refractivity contribution in [3.05, 3.63) is 64.3 Å². The second-order valence-electron chi connectivity index (χ2n) is 8.17. The molecule has 0 bridgehead atoms. The summed E-state index contributed by atoms with van der Waals surface area (Å²) in [5, 5.41) is 1.13. The molecule has 1 unspecified atom stereocenters. The molecule has 1 aliphatic rings. The van der Waals surface area contributed by atoms with Crippen LogP contribution >= 0.6 is 0 Å². The zero-order valence-corrected chi connectivity index (χ0v) is 15.7. The van der Waals surface area contributed by atoms with E-state index in [0.717, 1.165) is 29.0 Å². The van der Waals surface area contributed by atoms with E-state index < -0.39 is 0 Å². The molecule has 26 heavy (non-hydrogen) atoms. The van der Waals surface area contributed by atoms with Crippen LogP contribution in [0.15, 0.2) is 47.4 Å². The summed E-state index contributed by atoms with van der Waals surface area (Å²) >= 11 is 0. The molecule has 0 radical (unpaired) electrons. The minimum absolute atomic E-state index is 0.0766. The average molecular weight is 348 g/mol. The zero-order valence-electron chi connectivity index (χ0n) is 15.7. The van der Waals surface area contributed by atoms with Crippen LogP contribution in [0.4, 0.5) is 5.82 Å². The van der Waals surface area contributed by atoms with Crippen LogP contribution < -0.4 is 10.6 Å². The van der Waals surface area contributed by atoms with E-state index in [0.29, 0.717) is 0 Å². The lowest BCUT2D eigenvalue weighted by Crippen LogP contribution is -2.38. The minimum Gasteiger partial charge on any atom is -0.345 e. The smallest absolute Gasteiger partial charge is 0.327 e. The van der Waals surface area contributed by atoms with Crippen molar-refractivity contribution in [1.82, 2.24) is 14.5 Å². The number of rotatable bonds is 2. The number of hydrogen-bond acceptors (Lipinski definition) is 3. The molecule has 1 aromatic carbocycles. The van der Waals surface area contributed by atoms with Gasteiger partial charge in [-0.3, -0.25) is 9.55 Å². The van der Waals surface area contributed by atoms with Gasteiger partial charge in [0.25, 0.3) is 0 Å². The molecule has 5 nitrogen and oxygen atoms in total. The summed E-state index contributed by atoms with van der Waals surface area (Å²) in [6.07, 6.45) is 6.01. The third kappa shape index (κ3) is 2.83. The number of pyridine rings is 1. The molecule has 1 N–H and O–H groups in total. The number of anilines is 1. The Morgan fingerprint density at radius 2 is 2.04 bits per heavy atom. The molecule has 0 saturated carbocycles. The Hall–Kier alpha value is -2.82. The van der Waals surface area contributed by atoms with Gasteiger partial charge in [0.15, 0.2) is 0 Å². The number of benzene rings is 1. The second-order valence-corrected chi connectivity index (χ2v) is 8.17. The number of aromatic nitrogens is 3. The van der Waals surface area contributed by atoms with Gasteiger partial charge in [-0.2, -0.15) is 0 Å². The molecule has 5 heteroatoms. The Bertz CT molecular complexity index is 1050. The van der Waals surface area contributed by atoms with Crippen LogP contribution in [0, 0.1) is 5.41 Å². The van der Waals surface area contributed by atoms with E-state index in [2.05, 4.69) is 66.0 Å². The van der Waals surface area contributed by atoms with Gasteiger partial charge in [0.1, 0.15) is 5.82 Å². The molecule has 1 atom stereocenters. The summed E-state index contributed by atoms with van der Waals surface area (Å²) in [4.78, 5) is 21.9. The Morgan fingerprint density at radius 3 is 2.81 bits per heavy atom. The Labute approximate surface area is 153 Å². The van der Waals surface area contributed by atoms with Crippen LogP contribution in [0.25, 0.3) is 17.0 Å². The summed E-state index contributed by atoms with van der Waals surface area (Å²) in [5.74, 6) is 0.948. The fourth-order valence-electron chi connectivity index (χ4n) is 3.67. The third-order valence-corrected chi connectivity index (χ3v) is 4.77. The van der Waals surface area contributed by atoms with Gasteiger partial charge in [0.05, 0.1) is 17.3 Å². The number of H-pyrrole nitrogens is 1. The van der Waals surface area contributed by atoms with Gasteiger partial charge in [-0.05, 0) is 35.3 Å². The number of aromatic amines is 1. The predicted molar refractivity (Wildman–Crippen MR) is 106 cm³/mol. The van der Waals surface area contributed by atoms with E-state index in [1.165, 1.54) is 5.56 Å². The molecule has 2 aromatic heterocycles. The maximum atomic E-state index is 12.2. The highest BCUT2D eigenvalue weighted by atomic mass is 16.1. The highest BCUT2D eigenvalue weighted by Crippen LogP contribution is 2.37. The summed E-state index contributed by atoms with van der Waals surface area (Å²) in [6, 6.07) is 10.5. The molecular weight excluding hydrogens is 324 g/mol. The summed E-state index contributed by atoms with van der Waals surface area (Å²) in [7, 11) is 1.83. The third-order valence-electron chi connectivity index (χ3n) is 4.77. The van der Waals surface area contributed by atoms with Gasteiger partial charge < -0.3 is 9.88 Å². The Kier molecular flexibility index (Phi) is 3.75. The van der Waals surface area contributed by atoms with E-state index in [9.17, 15) is 4.79 Å². The van der Waals surface area contributed by atoms with Crippen LogP contribution in [0.5, 0.6) is 0 Å². The summed E-state index contributed by atoms with van der Waals surface area (Å²) in [6.45, 7) is 7.50. The molecule has 3 heterocycles. The highest BCUT2D eigenvalue weighted by molar-refractivity contribution is 5.80. The predicted octanol–water partition coefficient (Wildman–Crippen LogP) is 3.88. The molecule has 0 amide bonds. The summed E-state index contributed by atoms with van der Waals surface area (Å²) < 4.78 is 1.71. The van der Waals surface area contributed by atoms with Crippen LogP contribution in [-0.4, -0.2) is 21.1 Å². The lowest BCUT2D eigenvalue weighted by atomic mass is 9.92. The number of hydrogen-bond donors (Lipinski definition) is 1. The molecule has 3 aromatic rings. The number of nitrogens with one attached hydrogen (secondary N) is 1. The van der Waals surface area contributed by atoms with E-state index in [1.54, 1.807) is 4.57 Å². The first-order chi connectivity index (χ1) is 12.3. The van der Waals surface area contributed by atoms with Gasteiger partial charge in [-0.25, -0.2) is 4.79 Å². The van der Waals surface area contributed by atoms with Crippen molar-refractivity contribution in [3.63, 3.8) is 0 Å². The fraction of sp³-hybridized carbons (Fsp3) is 0.333. The monoisotopic (exact) mass is 348 g/mol. The normalized spacial score (nSPS) is 16.9. The van der Waals surface area contributed by atoms with Crippen molar-refractivity contribution in [2.75, 3.05) is 11.4 Å². The number of nitrogens with zero attached hydrogens (tertiary/aromatic N) is 3. The number of imidazole rings is 1. The van der Waals surface area contributed by atoms with Gasteiger partial charge >= 0.3 is 5.69 Å². The molecule has 4 rings (SSSR count). The first-order valence-corrected chi connectivity index (χ1v) is 8.92. The van der Waals surface area contributed by atoms with Crippen molar-refractivity contribution in [2.45, 2.75) is 26.8 Å². The molecule has 0 fully saturated rings. The van der Waals surface area contributed by atoms with E-state index in [4.69, 9.17) is 0 Å². The quantitative estimate of drug-likeness (QED) is 0.764. The largest absolute Gasteiger partial charge is 0.345 e. The van der Waals surface area contributed by atoms with E-state index in [1.807, 2.05) is 25.4 Å². The van der Waals surface area contributed by atoms with Crippen LogP contribution in [0.2, 0.25) is 0 Å². The lowest BCUT2D eigenvalue weighted by Gasteiger charge is -2.39. The second kappa shape index (κ2) is 5.87. The zero-order chi connectivity index (χ0) is 18.5. The molecule has 134 valence electrons. The molecule has 1 aliphatic heterocycles. The SMILES string of the molecule is Cn1c2c([nH]c1=O)C=CC(c1ccc3ncccc3c1)N2CC(C)(C)C. The lowest BCUT2D eigenvalue weighted by molar-refractivity contribution is 0.397. The first-order valence-electron chi connectivity index (χ1n) is 8.92. The van der Waals surface area contributed by atoms with Crippen molar-refractivity contribution >= 4 is 22.8 Å². The first kappa shape index (κ1) is 16.6. The van der Waals surface area contributed by atoms with Crippen molar-refractivity contribution < 1.29 is 0 Å². The summed E-state index contributed by atoms with van der Waals surface area (Å²) in [5.41, 5.74) is 3.08. The van der Waals surface area contributed by atoms with Crippen LogP contribution in [-0.2, 0) is 7.05 Å². The fourth-order valence-corrected chi connectivity index (χ4v) is 3.67. The Balaban J connectivity index is 1.85. The molecule has 0 spiro atoms. The van der Waals surface area contributed by atoms with Crippen molar-refractivity contribution in [1.29, 1.82) is 0 Å². The van der Waals surface area contributed by atoms with Crippen LogP contribution in [0.1, 0.15) is 38.1 Å². The van der Waals surface area contributed by atoms with Gasteiger partial charge in [0, 0.05) is 25.2 Å². The minimum atomic E-state index is -0.0816. The maximum Gasteiger partial charge on any atom is 0.327 e. The highest BCUT2D eigenvalue weighted by Gasteiger charge is 2.31. The molecule has 0 saturated heterocycles. The standard InChI is InChI=1S/C21H24N4O/c1-21(2,3)13-25-18(10-9-17-19(25)24(4)20(26)23-17)15-7-8-16-14(12-15)6-5-11-22-16/h5-12,18H,13H2,1-4H3,(H,23,26). The van der Waals surface area contributed by atoms with Gasteiger partial charge in [-0.1, -0.05) is 39.0 Å². The van der Waals surface area contributed by atoms with E-state index in [-0.39, 0.29) is 17.1 Å². The average Bonchev–Trinajstić information content (AvgIpc) is 2.88. The topological polar surface area (TPSA) is 53.9 Å².